The Labute approximate surface area is 211 Å². The standard InChI is InChI=1S/C28H33N5O3/c1-3-29-27-26-28(32-25(31-26)18-35-17-20-9-5-4-6-10-20)33(19-30-27)16-21-13-14-23(34-2)24(15-21)36-22-11-7-8-12-22/h4-6,9-10,13-15,19,22H,3,7-8,11-12,16-18H2,1-2H3,(H,31,32). The first kappa shape index (κ1) is 24.1. The fraction of sp³-hybridized carbons (Fsp3) is 0.393. The fourth-order valence-corrected chi connectivity index (χ4v) is 4.61. The van der Waals surface area contributed by atoms with Gasteiger partial charge in [0.2, 0.25) is 0 Å². The summed E-state index contributed by atoms with van der Waals surface area (Å²) >= 11 is 0. The number of ether oxygens (including phenoxy) is 3. The topological polar surface area (TPSA) is 86.6 Å². The first-order valence-electron chi connectivity index (χ1n) is 12.6. The number of methoxy groups -OCH3 is 1. The van der Waals surface area contributed by atoms with Crippen molar-refractivity contribution < 1.29 is 14.2 Å². The number of aromatic nitrogens is 4. The summed E-state index contributed by atoms with van der Waals surface area (Å²) < 4.78 is 19.8. The van der Waals surface area contributed by atoms with Gasteiger partial charge in [0, 0.05) is 6.54 Å². The normalized spacial score (nSPS) is 14.6. The molecule has 0 atom stereocenters. The number of nitrogens with one attached hydrogen (secondary N) is 1. The van der Waals surface area contributed by atoms with Crippen molar-refractivity contribution in [2.45, 2.75) is 58.5 Å². The predicted molar refractivity (Wildman–Crippen MR) is 138 cm³/mol. The molecular formula is C28H33N5O3. The van der Waals surface area contributed by atoms with Gasteiger partial charge in [0.05, 0.1) is 32.7 Å². The third kappa shape index (κ3) is 5.60. The number of rotatable bonds is 10. The maximum Gasteiger partial charge on any atom is 0.176 e. The minimum Gasteiger partial charge on any atom is -0.493 e. The Balaban J connectivity index is 1.39. The van der Waals surface area contributed by atoms with Crippen molar-refractivity contribution in [2.75, 3.05) is 13.7 Å². The van der Waals surface area contributed by atoms with E-state index < -0.39 is 0 Å². The highest BCUT2D eigenvalue weighted by Crippen LogP contribution is 2.32. The summed E-state index contributed by atoms with van der Waals surface area (Å²) in [6.07, 6.45) is 6.69. The summed E-state index contributed by atoms with van der Waals surface area (Å²) in [6, 6.07) is 16.2. The zero-order chi connectivity index (χ0) is 24.7. The highest BCUT2D eigenvalue weighted by Gasteiger charge is 2.19. The van der Waals surface area contributed by atoms with Crippen molar-refractivity contribution in [3.05, 3.63) is 77.3 Å². The molecule has 188 valence electrons. The van der Waals surface area contributed by atoms with Crippen molar-refractivity contribution in [3.8, 4) is 11.5 Å². The van der Waals surface area contributed by atoms with Gasteiger partial charge in [-0.2, -0.15) is 0 Å². The highest BCUT2D eigenvalue weighted by atomic mass is 16.5. The molecule has 2 heterocycles. The van der Waals surface area contributed by atoms with E-state index in [-0.39, 0.29) is 6.10 Å². The van der Waals surface area contributed by atoms with Crippen LogP contribution in [0.25, 0.3) is 11.2 Å². The molecule has 0 radical (unpaired) electrons. The maximum absolute atomic E-state index is 6.30. The summed E-state index contributed by atoms with van der Waals surface area (Å²) in [5.74, 6) is 2.30. The number of fused-ring (bicyclic) bond motifs is 1. The largest absolute Gasteiger partial charge is 0.493 e. The van der Waals surface area contributed by atoms with Crippen LogP contribution in [0.5, 0.6) is 11.5 Å². The molecule has 0 amide bonds. The lowest BCUT2D eigenvalue weighted by Crippen LogP contribution is -2.15. The molecule has 5 rings (SSSR count). The summed E-state index contributed by atoms with van der Waals surface area (Å²) in [7, 11) is 1.68. The van der Waals surface area contributed by atoms with Crippen LogP contribution in [0.1, 0.15) is 49.6 Å². The molecule has 2 aromatic carbocycles. The van der Waals surface area contributed by atoms with Gasteiger partial charge >= 0.3 is 0 Å². The lowest BCUT2D eigenvalue weighted by Gasteiger charge is -2.17. The molecule has 0 bridgehead atoms. The molecule has 0 spiro atoms. The summed E-state index contributed by atoms with van der Waals surface area (Å²) in [4.78, 5) is 17.4. The molecule has 0 unspecified atom stereocenters. The Morgan fingerprint density at radius 3 is 2.64 bits per heavy atom. The summed E-state index contributed by atoms with van der Waals surface area (Å²) in [5.41, 5.74) is 4.48. The van der Waals surface area contributed by atoms with Crippen molar-refractivity contribution in [2.24, 2.45) is 4.99 Å². The Hall–Kier alpha value is -3.65. The molecule has 1 aliphatic carbocycles. The minimum atomic E-state index is 0.259. The minimum absolute atomic E-state index is 0.259. The first-order chi connectivity index (χ1) is 17.7. The van der Waals surface area contributed by atoms with E-state index in [0.29, 0.717) is 31.8 Å². The van der Waals surface area contributed by atoms with E-state index in [1.165, 1.54) is 12.8 Å². The molecule has 1 fully saturated rings. The van der Waals surface area contributed by atoms with Crippen LogP contribution in [0.2, 0.25) is 0 Å². The fourth-order valence-electron chi connectivity index (χ4n) is 4.61. The molecule has 0 aliphatic heterocycles. The molecule has 4 aromatic rings. The number of hydrogen-bond acceptors (Lipinski definition) is 6. The predicted octanol–water partition coefficient (Wildman–Crippen LogP) is 4.78. The van der Waals surface area contributed by atoms with Crippen LogP contribution < -0.4 is 15.0 Å². The molecule has 8 heteroatoms. The second kappa shape index (κ2) is 11.4. The molecule has 1 aliphatic rings. The average Bonchev–Trinajstić information content (AvgIpc) is 3.57. The molecule has 1 N–H and O–H groups in total. The first-order valence-corrected chi connectivity index (χ1v) is 12.6. The Kier molecular flexibility index (Phi) is 7.61. The van der Waals surface area contributed by atoms with Crippen LogP contribution in [-0.4, -0.2) is 39.3 Å². The third-order valence-electron chi connectivity index (χ3n) is 6.38. The molecular weight excluding hydrogens is 454 g/mol. The van der Waals surface area contributed by atoms with Gasteiger partial charge in [0.15, 0.2) is 22.6 Å². The number of imidazole rings is 1. The third-order valence-corrected chi connectivity index (χ3v) is 6.38. The maximum atomic E-state index is 6.30. The monoisotopic (exact) mass is 487 g/mol. The van der Waals surface area contributed by atoms with Gasteiger partial charge in [0.1, 0.15) is 17.9 Å². The van der Waals surface area contributed by atoms with Crippen LogP contribution in [0.3, 0.4) is 0 Å². The van der Waals surface area contributed by atoms with Crippen molar-refractivity contribution >= 4 is 11.2 Å². The van der Waals surface area contributed by atoms with Crippen LogP contribution in [0, 0.1) is 0 Å². The van der Waals surface area contributed by atoms with Gasteiger partial charge in [-0.15, -0.1) is 0 Å². The smallest absolute Gasteiger partial charge is 0.176 e. The van der Waals surface area contributed by atoms with Crippen molar-refractivity contribution in [1.82, 2.24) is 19.5 Å². The van der Waals surface area contributed by atoms with E-state index in [1.54, 1.807) is 13.4 Å². The number of benzene rings is 2. The quantitative estimate of drug-likeness (QED) is 0.348. The van der Waals surface area contributed by atoms with Gasteiger partial charge in [-0.1, -0.05) is 36.4 Å². The van der Waals surface area contributed by atoms with Crippen LogP contribution in [0.4, 0.5) is 0 Å². The Morgan fingerprint density at radius 2 is 1.86 bits per heavy atom. The molecule has 2 aromatic heterocycles. The van der Waals surface area contributed by atoms with Gasteiger partial charge < -0.3 is 23.8 Å². The van der Waals surface area contributed by atoms with E-state index in [0.717, 1.165) is 52.5 Å². The van der Waals surface area contributed by atoms with Crippen molar-refractivity contribution in [3.63, 3.8) is 0 Å². The Bertz CT molecular complexity index is 1360. The summed E-state index contributed by atoms with van der Waals surface area (Å²) in [6.45, 7) is 4.13. The zero-order valence-electron chi connectivity index (χ0n) is 20.9. The van der Waals surface area contributed by atoms with E-state index >= 15 is 0 Å². The number of hydrogen-bond donors (Lipinski definition) is 1. The van der Waals surface area contributed by atoms with Gasteiger partial charge in [-0.3, -0.25) is 4.99 Å². The summed E-state index contributed by atoms with van der Waals surface area (Å²) in [5, 5.41) is 0. The number of nitrogens with zero attached hydrogens (tertiary/aromatic N) is 4. The second-order valence-electron chi connectivity index (χ2n) is 9.04. The molecule has 0 saturated heterocycles. The SMILES string of the molecule is CCN=c1ncn(Cc2ccc(OC)c(OC3CCCC3)c2)c2nc(COCc3ccccc3)[nH]c12. The molecule has 36 heavy (non-hydrogen) atoms. The second-order valence-corrected chi connectivity index (χ2v) is 9.04. The number of aromatic amines is 1. The van der Waals surface area contributed by atoms with Crippen LogP contribution in [0.15, 0.2) is 59.9 Å². The lowest BCUT2D eigenvalue weighted by molar-refractivity contribution is 0.102. The van der Waals surface area contributed by atoms with E-state index in [1.807, 2.05) is 47.9 Å². The van der Waals surface area contributed by atoms with Gasteiger partial charge in [0.25, 0.3) is 0 Å². The van der Waals surface area contributed by atoms with E-state index in [9.17, 15) is 0 Å². The molecule has 1 saturated carbocycles. The molecule has 8 nitrogen and oxygen atoms in total. The van der Waals surface area contributed by atoms with Crippen molar-refractivity contribution in [1.29, 1.82) is 0 Å². The van der Waals surface area contributed by atoms with Gasteiger partial charge in [-0.25, -0.2) is 9.97 Å². The van der Waals surface area contributed by atoms with Crippen LogP contribution in [-0.2, 0) is 24.5 Å². The lowest BCUT2D eigenvalue weighted by atomic mass is 10.2. The zero-order valence-corrected chi connectivity index (χ0v) is 20.9. The van der Waals surface area contributed by atoms with Crippen LogP contribution >= 0.6 is 0 Å². The Morgan fingerprint density at radius 1 is 1.03 bits per heavy atom. The highest BCUT2D eigenvalue weighted by molar-refractivity contribution is 5.69. The van der Waals surface area contributed by atoms with E-state index in [4.69, 9.17) is 19.2 Å². The number of H-pyrrole nitrogens is 1. The van der Waals surface area contributed by atoms with E-state index in [2.05, 4.69) is 27.1 Å². The van der Waals surface area contributed by atoms with Gasteiger partial charge in [-0.05, 0) is 55.9 Å². The average molecular weight is 488 g/mol.